The number of piperidine rings is 1. The molecule has 1 heterocycles. The fraction of sp³-hybridized carbons (Fsp3) is 0.526. The molecule has 0 radical (unpaired) electrons. The van der Waals surface area contributed by atoms with Crippen LogP contribution in [-0.4, -0.2) is 50.4 Å². The third kappa shape index (κ3) is 5.31. The van der Waals surface area contributed by atoms with Crippen LogP contribution in [0.3, 0.4) is 0 Å². The van der Waals surface area contributed by atoms with E-state index >= 15 is 0 Å². The maximum atomic E-state index is 12.4. The van der Waals surface area contributed by atoms with Gasteiger partial charge in [-0.05, 0) is 57.9 Å². The second-order valence-electron chi connectivity index (χ2n) is 7.46. The molecule has 1 amide bonds. The Labute approximate surface area is 156 Å². The van der Waals surface area contributed by atoms with E-state index in [1.807, 2.05) is 0 Å². The van der Waals surface area contributed by atoms with E-state index in [2.05, 4.69) is 41.6 Å². The van der Waals surface area contributed by atoms with Crippen molar-refractivity contribution in [2.75, 3.05) is 19.6 Å². The highest BCUT2D eigenvalue weighted by molar-refractivity contribution is 7.89. The lowest BCUT2D eigenvalue weighted by Gasteiger charge is -2.41. The fourth-order valence-electron chi connectivity index (χ4n) is 2.97. The molecule has 7 heteroatoms. The summed E-state index contributed by atoms with van der Waals surface area (Å²) in [6, 6.07) is 6.00. The van der Waals surface area contributed by atoms with Crippen LogP contribution in [0.1, 0.15) is 44.0 Å². The van der Waals surface area contributed by atoms with Crippen molar-refractivity contribution in [2.24, 2.45) is 0 Å². The molecule has 142 valence electrons. The lowest BCUT2D eigenvalue weighted by atomic mass is 9.98. The highest BCUT2D eigenvalue weighted by Crippen LogP contribution is 2.20. The van der Waals surface area contributed by atoms with E-state index in [1.165, 1.54) is 24.3 Å². The molecule has 0 saturated carbocycles. The number of rotatable bonds is 5. The van der Waals surface area contributed by atoms with Gasteiger partial charge < -0.3 is 5.32 Å². The molecular weight excluding hydrogens is 350 g/mol. The van der Waals surface area contributed by atoms with E-state index in [4.69, 9.17) is 6.42 Å². The Morgan fingerprint density at radius 1 is 1.23 bits per heavy atom. The maximum Gasteiger partial charge on any atom is 0.251 e. The lowest BCUT2D eigenvalue weighted by Crippen LogP contribution is -2.50. The van der Waals surface area contributed by atoms with Crippen LogP contribution in [0.5, 0.6) is 0 Å². The van der Waals surface area contributed by atoms with Crippen LogP contribution >= 0.6 is 0 Å². The van der Waals surface area contributed by atoms with Crippen LogP contribution in [0.15, 0.2) is 29.2 Å². The third-order valence-electron chi connectivity index (χ3n) is 4.57. The quantitative estimate of drug-likeness (QED) is 0.764. The first-order chi connectivity index (χ1) is 12.1. The summed E-state index contributed by atoms with van der Waals surface area (Å²) >= 11 is 0. The van der Waals surface area contributed by atoms with Crippen LogP contribution in [0, 0.1) is 12.3 Å². The standard InChI is InChI=1S/C19H27N3O3S/c1-5-12-20-26(24,25)17-8-6-15(7-9-17)18(23)21-16-10-13-22(14-11-16)19(2,3)4/h1,6-9,16,20H,10-14H2,2-4H3,(H,21,23). The lowest BCUT2D eigenvalue weighted by molar-refractivity contribution is 0.0812. The number of nitrogens with zero attached hydrogens (tertiary/aromatic N) is 1. The van der Waals surface area contributed by atoms with Gasteiger partial charge in [-0.2, -0.15) is 4.72 Å². The number of carbonyl (C=O) groups is 1. The van der Waals surface area contributed by atoms with E-state index < -0.39 is 10.0 Å². The van der Waals surface area contributed by atoms with E-state index in [0.29, 0.717) is 5.56 Å². The minimum atomic E-state index is -3.64. The summed E-state index contributed by atoms with van der Waals surface area (Å²) < 4.78 is 26.3. The van der Waals surface area contributed by atoms with Crippen molar-refractivity contribution in [3.05, 3.63) is 29.8 Å². The Bertz CT molecular complexity index is 766. The van der Waals surface area contributed by atoms with Crippen molar-refractivity contribution >= 4 is 15.9 Å². The van der Waals surface area contributed by atoms with E-state index in [0.717, 1.165) is 25.9 Å². The van der Waals surface area contributed by atoms with E-state index in [1.54, 1.807) is 0 Å². The van der Waals surface area contributed by atoms with Gasteiger partial charge in [-0.1, -0.05) is 5.92 Å². The molecule has 6 nitrogen and oxygen atoms in total. The van der Waals surface area contributed by atoms with E-state index in [9.17, 15) is 13.2 Å². The molecule has 0 unspecified atom stereocenters. The summed E-state index contributed by atoms with van der Waals surface area (Å²) in [7, 11) is -3.64. The predicted octanol–water partition coefficient (Wildman–Crippen LogP) is 1.59. The summed E-state index contributed by atoms with van der Waals surface area (Å²) in [5.74, 6) is 2.04. The zero-order valence-electron chi connectivity index (χ0n) is 15.6. The molecular formula is C19H27N3O3S. The second kappa shape index (κ2) is 8.21. The van der Waals surface area contributed by atoms with Gasteiger partial charge in [-0.25, -0.2) is 8.42 Å². The number of likely N-dealkylation sites (tertiary alicyclic amines) is 1. The fourth-order valence-corrected chi connectivity index (χ4v) is 3.90. The number of terminal acetylenes is 1. The minimum Gasteiger partial charge on any atom is -0.349 e. The first-order valence-corrected chi connectivity index (χ1v) is 10.2. The zero-order valence-corrected chi connectivity index (χ0v) is 16.4. The first kappa shape index (κ1) is 20.4. The molecule has 1 aromatic rings. The molecule has 1 aromatic carbocycles. The molecule has 1 fully saturated rings. The highest BCUT2D eigenvalue weighted by Gasteiger charge is 2.27. The number of amides is 1. The van der Waals surface area contributed by atoms with Crippen LogP contribution in [0.4, 0.5) is 0 Å². The average Bonchev–Trinajstić information content (AvgIpc) is 2.60. The molecule has 1 aliphatic heterocycles. The van der Waals surface area contributed by atoms with Crippen LogP contribution in [0.2, 0.25) is 0 Å². The topological polar surface area (TPSA) is 78.5 Å². The minimum absolute atomic E-state index is 0.0716. The van der Waals surface area contributed by atoms with E-state index in [-0.39, 0.29) is 28.9 Å². The number of benzene rings is 1. The highest BCUT2D eigenvalue weighted by atomic mass is 32.2. The second-order valence-corrected chi connectivity index (χ2v) is 9.23. The van der Waals surface area contributed by atoms with Crippen molar-refractivity contribution in [2.45, 2.75) is 50.1 Å². The van der Waals surface area contributed by atoms with Crippen molar-refractivity contribution in [1.29, 1.82) is 0 Å². The SMILES string of the molecule is C#CCNS(=O)(=O)c1ccc(C(=O)NC2CCN(C(C)(C)C)CC2)cc1. The van der Waals surface area contributed by atoms with Crippen molar-refractivity contribution in [3.8, 4) is 12.3 Å². The molecule has 0 aromatic heterocycles. The van der Waals surface area contributed by atoms with Crippen molar-refractivity contribution in [1.82, 2.24) is 14.9 Å². The normalized spacial score (nSPS) is 16.8. The largest absolute Gasteiger partial charge is 0.349 e. The van der Waals surface area contributed by atoms with Gasteiger partial charge in [0.05, 0.1) is 11.4 Å². The van der Waals surface area contributed by atoms with Crippen molar-refractivity contribution < 1.29 is 13.2 Å². The summed E-state index contributed by atoms with van der Waals surface area (Å²) in [6.45, 7) is 8.41. The molecule has 2 rings (SSSR count). The summed E-state index contributed by atoms with van der Waals surface area (Å²) in [6.07, 6.45) is 6.88. The number of sulfonamides is 1. The average molecular weight is 378 g/mol. The molecule has 0 spiro atoms. The molecule has 0 aliphatic carbocycles. The summed E-state index contributed by atoms with van der Waals surface area (Å²) in [5.41, 5.74) is 0.586. The maximum absolute atomic E-state index is 12.4. The molecule has 0 atom stereocenters. The van der Waals surface area contributed by atoms with Crippen molar-refractivity contribution in [3.63, 3.8) is 0 Å². The summed E-state index contributed by atoms with van der Waals surface area (Å²) in [4.78, 5) is 14.9. The first-order valence-electron chi connectivity index (χ1n) is 8.72. The van der Waals surface area contributed by atoms with Gasteiger partial charge in [0, 0.05) is 30.2 Å². The molecule has 0 bridgehead atoms. The van der Waals surface area contributed by atoms with Gasteiger partial charge >= 0.3 is 0 Å². The Hall–Kier alpha value is -1.88. The number of carbonyl (C=O) groups excluding carboxylic acids is 1. The number of hydrogen-bond acceptors (Lipinski definition) is 4. The van der Waals surface area contributed by atoms with Gasteiger partial charge in [0.2, 0.25) is 10.0 Å². The molecule has 2 N–H and O–H groups in total. The van der Waals surface area contributed by atoms with Gasteiger partial charge in [0.15, 0.2) is 0 Å². The van der Waals surface area contributed by atoms with Gasteiger partial charge in [0.25, 0.3) is 5.91 Å². The molecule has 1 saturated heterocycles. The molecule has 26 heavy (non-hydrogen) atoms. The Balaban J connectivity index is 1.94. The smallest absolute Gasteiger partial charge is 0.251 e. The van der Waals surface area contributed by atoms with Crippen LogP contribution in [0.25, 0.3) is 0 Å². The number of hydrogen-bond donors (Lipinski definition) is 2. The molecule has 1 aliphatic rings. The van der Waals surface area contributed by atoms with Gasteiger partial charge in [0.1, 0.15) is 0 Å². The summed E-state index contributed by atoms with van der Waals surface area (Å²) in [5, 5.41) is 3.04. The van der Waals surface area contributed by atoms with Gasteiger partial charge in [-0.15, -0.1) is 6.42 Å². The Morgan fingerprint density at radius 2 is 1.81 bits per heavy atom. The Morgan fingerprint density at radius 3 is 2.31 bits per heavy atom. The zero-order chi connectivity index (χ0) is 19.4. The third-order valence-corrected chi connectivity index (χ3v) is 5.99. The number of nitrogens with one attached hydrogen (secondary N) is 2. The monoisotopic (exact) mass is 377 g/mol. The predicted molar refractivity (Wildman–Crippen MR) is 102 cm³/mol. The van der Waals surface area contributed by atoms with Crippen LogP contribution < -0.4 is 10.0 Å². The van der Waals surface area contributed by atoms with Crippen LogP contribution in [-0.2, 0) is 10.0 Å². The Kier molecular flexibility index (Phi) is 6.45. The van der Waals surface area contributed by atoms with Gasteiger partial charge in [-0.3, -0.25) is 9.69 Å².